The van der Waals surface area contributed by atoms with Gasteiger partial charge in [0.25, 0.3) is 5.91 Å². The summed E-state index contributed by atoms with van der Waals surface area (Å²) in [7, 11) is 0. The second-order valence-corrected chi connectivity index (χ2v) is 6.92. The number of imide groups is 1. The highest BCUT2D eigenvalue weighted by Gasteiger charge is 2.55. The molecule has 2 N–H and O–H groups in total. The first-order valence-electron chi connectivity index (χ1n) is 9.13. The number of carbonyl (C=O) groups is 3. The molecule has 2 unspecified atom stereocenters. The van der Waals surface area contributed by atoms with Crippen LogP contribution in [0.5, 0.6) is 5.75 Å². The number of nitrogens with zero attached hydrogens (tertiary/aromatic N) is 1. The lowest BCUT2D eigenvalue weighted by molar-refractivity contribution is -0.136. The summed E-state index contributed by atoms with van der Waals surface area (Å²) in [6, 6.07) is 6.58. The molecule has 1 spiro atoms. The van der Waals surface area contributed by atoms with Gasteiger partial charge in [-0.2, -0.15) is 0 Å². The Kier molecular flexibility index (Phi) is 5.15. The van der Waals surface area contributed by atoms with E-state index in [1.807, 2.05) is 19.9 Å². The normalized spacial score (nSPS) is 25.3. The topological polar surface area (TPSA) is 87.7 Å². The summed E-state index contributed by atoms with van der Waals surface area (Å²) in [4.78, 5) is 38.7. The smallest absolute Gasteiger partial charge is 0.325 e. The fourth-order valence-electron chi connectivity index (χ4n) is 3.82. The molecule has 2 fully saturated rings. The molecule has 1 aromatic carbocycles. The number of amides is 4. The SMILES string of the molecule is CCOc1ccccc1NC(=O)CN1C(=O)NC2(CCCCC2C)C1=O. The minimum atomic E-state index is -0.848. The first-order chi connectivity index (χ1) is 12.5. The number of benzene rings is 1. The number of para-hydroxylation sites is 2. The van der Waals surface area contributed by atoms with Gasteiger partial charge in [0, 0.05) is 0 Å². The summed E-state index contributed by atoms with van der Waals surface area (Å²) in [5.74, 6) is -0.0959. The van der Waals surface area contributed by atoms with E-state index >= 15 is 0 Å². The van der Waals surface area contributed by atoms with Crippen molar-refractivity contribution in [3.63, 3.8) is 0 Å². The van der Waals surface area contributed by atoms with Crippen LogP contribution in [0.4, 0.5) is 10.5 Å². The molecule has 1 aromatic rings. The van der Waals surface area contributed by atoms with Crippen LogP contribution in [-0.2, 0) is 9.59 Å². The number of hydrogen-bond acceptors (Lipinski definition) is 4. The van der Waals surface area contributed by atoms with Crippen LogP contribution in [0.1, 0.15) is 39.5 Å². The van der Waals surface area contributed by atoms with Gasteiger partial charge in [0.05, 0.1) is 12.3 Å². The molecule has 140 valence electrons. The zero-order chi connectivity index (χ0) is 18.7. The third-order valence-corrected chi connectivity index (χ3v) is 5.26. The van der Waals surface area contributed by atoms with E-state index in [2.05, 4.69) is 10.6 Å². The molecule has 1 saturated heterocycles. The first-order valence-corrected chi connectivity index (χ1v) is 9.13. The monoisotopic (exact) mass is 359 g/mol. The fraction of sp³-hybridized carbons (Fsp3) is 0.526. The molecule has 2 aliphatic rings. The number of anilines is 1. The highest BCUT2D eigenvalue weighted by molar-refractivity contribution is 6.10. The molecule has 7 heteroatoms. The van der Waals surface area contributed by atoms with Gasteiger partial charge < -0.3 is 15.4 Å². The maximum absolute atomic E-state index is 12.9. The number of nitrogens with one attached hydrogen (secondary N) is 2. The average molecular weight is 359 g/mol. The van der Waals surface area contributed by atoms with Gasteiger partial charge in [-0.25, -0.2) is 4.79 Å². The molecular formula is C19H25N3O4. The van der Waals surface area contributed by atoms with Crippen LogP contribution in [-0.4, -0.2) is 41.4 Å². The lowest BCUT2D eigenvalue weighted by Gasteiger charge is -2.36. The van der Waals surface area contributed by atoms with Crippen molar-refractivity contribution in [3.05, 3.63) is 24.3 Å². The van der Waals surface area contributed by atoms with Crippen molar-refractivity contribution in [2.45, 2.75) is 45.1 Å². The number of urea groups is 1. The summed E-state index contributed by atoms with van der Waals surface area (Å²) in [6.07, 6.45) is 3.48. The summed E-state index contributed by atoms with van der Waals surface area (Å²) >= 11 is 0. The predicted molar refractivity (Wildman–Crippen MR) is 96.8 cm³/mol. The largest absolute Gasteiger partial charge is 0.492 e. The van der Waals surface area contributed by atoms with Crippen molar-refractivity contribution >= 4 is 23.5 Å². The van der Waals surface area contributed by atoms with E-state index in [0.717, 1.165) is 24.2 Å². The Bertz CT molecular complexity index is 720. The van der Waals surface area contributed by atoms with Crippen molar-refractivity contribution in [2.75, 3.05) is 18.5 Å². The van der Waals surface area contributed by atoms with Crippen LogP contribution in [0, 0.1) is 5.92 Å². The maximum atomic E-state index is 12.9. The molecule has 7 nitrogen and oxygen atoms in total. The molecule has 0 aromatic heterocycles. The molecule has 1 saturated carbocycles. The van der Waals surface area contributed by atoms with E-state index < -0.39 is 17.5 Å². The minimum Gasteiger partial charge on any atom is -0.492 e. The number of carbonyl (C=O) groups excluding carboxylic acids is 3. The van der Waals surface area contributed by atoms with Gasteiger partial charge >= 0.3 is 6.03 Å². The van der Waals surface area contributed by atoms with Gasteiger partial charge in [-0.15, -0.1) is 0 Å². The van der Waals surface area contributed by atoms with E-state index in [-0.39, 0.29) is 18.4 Å². The Morgan fingerprint density at radius 3 is 2.85 bits per heavy atom. The van der Waals surface area contributed by atoms with Crippen LogP contribution in [0.2, 0.25) is 0 Å². The van der Waals surface area contributed by atoms with Gasteiger partial charge in [-0.1, -0.05) is 31.9 Å². The summed E-state index contributed by atoms with van der Waals surface area (Å²) < 4.78 is 5.48. The van der Waals surface area contributed by atoms with Gasteiger partial charge in [-0.3, -0.25) is 14.5 Å². The summed E-state index contributed by atoms with van der Waals surface area (Å²) in [5, 5.41) is 5.58. The average Bonchev–Trinajstić information content (AvgIpc) is 2.85. The van der Waals surface area contributed by atoms with E-state index in [1.165, 1.54) is 0 Å². The van der Waals surface area contributed by atoms with Crippen LogP contribution in [0.3, 0.4) is 0 Å². The number of hydrogen-bond donors (Lipinski definition) is 2. The van der Waals surface area contributed by atoms with Crippen molar-refractivity contribution in [2.24, 2.45) is 5.92 Å². The molecule has 26 heavy (non-hydrogen) atoms. The predicted octanol–water partition coefficient (Wildman–Crippen LogP) is 2.52. The molecule has 1 aliphatic heterocycles. The highest BCUT2D eigenvalue weighted by atomic mass is 16.5. The van der Waals surface area contributed by atoms with Gasteiger partial charge in [0.2, 0.25) is 5.91 Å². The van der Waals surface area contributed by atoms with Crippen LogP contribution in [0.25, 0.3) is 0 Å². The Morgan fingerprint density at radius 2 is 2.12 bits per heavy atom. The molecule has 0 radical (unpaired) electrons. The van der Waals surface area contributed by atoms with Gasteiger partial charge in [0.1, 0.15) is 17.8 Å². The van der Waals surface area contributed by atoms with Crippen LogP contribution in [0.15, 0.2) is 24.3 Å². The standard InChI is InChI=1S/C19H25N3O4/c1-3-26-15-10-5-4-9-14(15)20-16(23)12-22-17(24)19(21-18(22)25)11-7-6-8-13(19)2/h4-5,9-10,13H,3,6-8,11-12H2,1-2H3,(H,20,23)(H,21,25). The Morgan fingerprint density at radius 1 is 1.35 bits per heavy atom. The maximum Gasteiger partial charge on any atom is 0.325 e. The summed E-state index contributed by atoms with van der Waals surface area (Å²) in [5.41, 5.74) is -0.328. The number of rotatable bonds is 5. The van der Waals surface area contributed by atoms with Crippen molar-refractivity contribution < 1.29 is 19.1 Å². The van der Waals surface area contributed by atoms with Gasteiger partial charge in [0.15, 0.2) is 0 Å². The number of ether oxygens (including phenoxy) is 1. The fourth-order valence-corrected chi connectivity index (χ4v) is 3.82. The lowest BCUT2D eigenvalue weighted by Crippen LogP contribution is -2.54. The van der Waals surface area contributed by atoms with E-state index in [0.29, 0.717) is 24.5 Å². The van der Waals surface area contributed by atoms with Crippen molar-refractivity contribution in [1.82, 2.24) is 10.2 Å². The van der Waals surface area contributed by atoms with Crippen molar-refractivity contribution in [1.29, 1.82) is 0 Å². The van der Waals surface area contributed by atoms with E-state index in [9.17, 15) is 14.4 Å². The molecule has 2 atom stereocenters. The van der Waals surface area contributed by atoms with Crippen molar-refractivity contribution in [3.8, 4) is 5.75 Å². The quantitative estimate of drug-likeness (QED) is 0.791. The second-order valence-electron chi connectivity index (χ2n) is 6.92. The lowest BCUT2D eigenvalue weighted by atomic mass is 9.73. The zero-order valence-electron chi connectivity index (χ0n) is 15.2. The van der Waals surface area contributed by atoms with Crippen LogP contribution < -0.4 is 15.4 Å². The molecule has 1 aliphatic carbocycles. The van der Waals surface area contributed by atoms with Crippen LogP contribution >= 0.6 is 0 Å². The molecule has 3 rings (SSSR count). The van der Waals surface area contributed by atoms with E-state index in [4.69, 9.17) is 4.74 Å². The minimum absolute atomic E-state index is 0.0689. The Balaban J connectivity index is 1.70. The summed E-state index contributed by atoms with van der Waals surface area (Å²) in [6.45, 7) is 4.01. The zero-order valence-corrected chi connectivity index (χ0v) is 15.2. The van der Waals surface area contributed by atoms with E-state index in [1.54, 1.807) is 18.2 Å². The molecular weight excluding hydrogens is 334 g/mol. The second kappa shape index (κ2) is 7.35. The van der Waals surface area contributed by atoms with Gasteiger partial charge in [-0.05, 0) is 37.8 Å². The molecule has 4 amide bonds. The Labute approximate surface area is 153 Å². The third-order valence-electron chi connectivity index (χ3n) is 5.26. The first kappa shape index (κ1) is 18.2. The molecule has 0 bridgehead atoms. The highest BCUT2D eigenvalue weighted by Crippen LogP contribution is 2.38. The Hall–Kier alpha value is -2.57. The third kappa shape index (κ3) is 3.25. The molecule has 1 heterocycles.